The SMILES string of the molecule is CCN=CC(C(=O)OC)=C(O)/C=C/c1ccc(SC)cc1. The number of carbonyl (C=O) groups is 1. The minimum Gasteiger partial charge on any atom is -0.507 e. The summed E-state index contributed by atoms with van der Waals surface area (Å²) in [5.41, 5.74) is 0.965. The minimum absolute atomic E-state index is 0.0383. The van der Waals surface area contributed by atoms with Crippen molar-refractivity contribution in [2.75, 3.05) is 19.9 Å². The standard InChI is InChI=1S/C16H19NO3S/c1-4-17-11-14(16(19)20-2)15(18)10-7-12-5-8-13(21-3)9-6-12/h5-11,18H,4H2,1-3H3/b10-7+,15-14?,17-11?. The summed E-state index contributed by atoms with van der Waals surface area (Å²) in [6, 6.07) is 7.86. The van der Waals surface area contributed by atoms with Crippen LogP contribution in [0.15, 0.2) is 51.6 Å². The molecule has 0 atom stereocenters. The summed E-state index contributed by atoms with van der Waals surface area (Å²) in [6.07, 6.45) is 6.52. The van der Waals surface area contributed by atoms with Crippen molar-refractivity contribution in [1.29, 1.82) is 0 Å². The molecule has 0 aliphatic rings. The Bertz CT molecular complexity index is 559. The van der Waals surface area contributed by atoms with Crippen molar-refractivity contribution in [1.82, 2.24) is 0 Å². The lowest BCUT2D eigenvalue weighted by Crippen LogP contribution is -2.08. The smallest absolute Gasteiger partial charge is 0.343 e. The summed E-state index contributed by atoms with van der Waals surface area (Å²) in [5, 5.41) is 10.00. The predicted octanol–water partition coefficient (Wildman–Crippen LogP) is 3.50. The van der Waals surface area contributed by atoms with Crippen molar-refractivity contribution < 1.29 is 14.6 Å². The van der Waals surface area contributed by atoms with E-state index >= 15 is 0 Å². The predicted molar refractivity (Wildman–Crippen MR) is 88.0 cm³/mol. The van der Waals surface area contributed by atoms with E-state index in [0.717, 1.165) is 10.5 Å². The fourth-order valence-electron chi connectivity index (χ4n) is 1.50. The molecule has 5 heteroatoms. The molecule has 0 saturated heterocycles. The molecule has 0 heterocycles. The molecule has 1 aromatic carbocycles. The number of benzene rings is 1. The molecule has 4 nitrogen and oxygen atoms in total. The first-order valence-corrected chi connectivity index (χ1v) is 7.68. The van der Waals surface area contributed by atoms with Crippen LogP contribution in [0.3, 0.4) is 0 Å². The molecule has 0 saturated carbocycles. The van der Waals surface area contributed by atoms with Crippen LogP contribution in [0.5, 0.6) is 0 Å². The van der Waals surface area contributed by atoms with Gasteiger partial charge in [0.05, 0.1) is 7.11 Å². The molecule has 1 aromatic rings. The average molecular weight is 305 g/mol. The number of carbonyl (C=O) groups excluding carboxylic acids is 1. The molecule has 0 radical (unpaired) electrons. The molecular weight excluding hydrogens is 286 g/mol. The van der Waals surface area contributed by atoms with Crippen LogP contribution in [-0.2, 0) is 9.53 Å². The highest BCUT2D eigenvalue weighted by Gasteiger charge is 2.11. The lowest BCUT2D eigenvalue weighted by atomic mass is 10.1. The Balaban J connectivity index is 2.98. The second-order valence-corrected chi connectivity index (χ2v) is 4.90. The number of thioether (sulfide) groups is 1. The highest BCUT2D eigenvalue weighted by Crippen LogP contribution is 2.16. The first kappa shape index (κ1) is 17.0. The van der Waals surface area contributed by atoms with Gasteiger partial charge in [-0.05, 0) is 37.0 Å². The lowest BCUT2D eigenvalue weighted by molar-refractivity contribution is -0.135. The van der Waals surface area contributed by atoms with Gasteiger partial charge in [-0.25, -0.2) is 4.79 Å². The van der Waals surface area contributed by atoms with E-state index in [4.69, 9.17) is 0 Å². The normalized spacial score (nSPS) is 12.7. The maximum atomic E-state index is 11.6. The maximum Gasteiger partial charge on any atom is 0.343 e. The van der Waals surface area contributed by atoms with Crippen LogP contribution in [0.2, 0.25) is 0 Å². The van der Waals surface area contributed by atoms with E-state index in [2.05, 4.69) is 9.73 Å². The third-order valence-corrected chi connectivity index (χ3v) is 3.38. The monoisotopic (exact) mass is 305 g/mol. The van der Waals surface area contributed by atoms with Crippen LogP contribution in [0.1, 0.15) is 12.5 Å². The van der Waals surface area contributed by atoms with E-state index in [9.17, 15) is 9.90 Å². The Morgan fingerprint density at radius 1 is 1.38 bits per heavy atom. The number of allylic oxidation sites excluding steroid dienone is 1. The molecule has 1 N–H and O–H groups in total. The third-order valence-electron chi connectivity index (χ3n) is 2.63. The summed E-state index contributed by atoms with van der Waals surface area (Å²) >= 11 is 1.66. The number of aliphatic imine (C=N–C) groups is 1. The van der Waals surface area contributed by atoms with Gasteiger partial charge in [0.2, 0.25) is 0 Å². The van der Waals surface area contributed by atoms with Crippen LogP contribution in [0, 0.1) is 0 Å². The topological polar surface area (TPSA) is 58.9 Å². The molecule has 0 bridgehead atoms. The van der Waals surface area contributed by atoms with Crippen LogP contribution in [0.25, 0.3) is 6.08 Å². The maximum absolute atomic E-state index is 11.6. The number of aliphatic hydroxyl groups is 1. The number of nitrogens with zero attached hydrogens (tertiary/aromatic N) is 1. The molecule has 0 spiro atoms. The zero-order valence-corrected chi connectivity index (χ0v) is 13.2. The Morgan fingerprint density at radius 3 is 2.57 bits per heavy atom. The first-order chi connectivity index (χ1) is 10.1. The van der Waals surface area contributed by atoms with Crippen molar-refractivity contribution >= 4 is 30.0 Å². The molecule has 0 aliphatic heterocycles. The van der Waals surface area contributed by atoms with E-state index < -0.39 is 5.97 Å². The van der Waals surface area contributed by atoms with E-state index in [0.29, 0.717) is 6.54 Å². The van der Waals surface area contributed by atoms with Gasteiger partial charge < -0.3 is 9.84 Å². The molecule has 0 unspecified atom stereocenters. The van der Waals surface area contributed by atoms with E-state index in [-0.39, 0.29) is 11.3 Å². The molecule has 21 heavy (non-hydrogen) atoms. The van der Waals surface area contributed by atoms with Gasteiger partial charge in [0.25, 0.3) is 0 Å². The quantitative estimate of drug-likeness (QED) is 0.218. The van der Waals surface area contributed by atoms with Gasteiger partial charge in [-0.1, -0.05) is 18.2 Å². The van der Waals surface area contributed by atoms with Crippen LogP contribution in [-0.4, -0.2) is 37.2 Å². The summed E-state index contributed by atoms with van der Waals surface area (Å²) in [4.78, 5) is 16.7. The highest BCUT2D eigenvalue weighted by atomic mass is 32.2. The number of esters is 1. The van der Waals surface area contributed by atoms with Gasteiger partial charge >= 0.3 is 5.97 Å². The number of ether oxygens (including phenoxy) is 1. The summed E-state index contributed by atoms with van der Waals surface area (Å²) in [6.45, 7) is 2.36. The summed E-state index contributed by atoms with van der Waals surface area (Å²) < 4.78 is 4.63. The molecule has 0 amide bonds. The van der Waals surface area contributed by atoms with Gasteiger partial charge in [0.15, 0.2) is 0 Å². The van der Waals surface area contributed by atoms with E-state index in [1.807, 2.05) is 37.4 Å². The number of rotatable bonds is 6. The summed E-state index contributed by atoms with van der Waals surface area (Å²) in [5.74, 6) is -0.792. The van der Waals surface area contributed by atoms with Gasteiger partial charge in [-0.15, -0.1) is 11.8 Å². The first-order valence-electron chi connectivity index (χ1n) is 6.45. The van der Waals surface area contributed by atoms with Crippen molar-refractivity contribution in [2.24, 2.45) is 4.99 Å². The Kier molecular flexibility index (Phi) is 7.32. The second kappa shape index (κ2) is 9.02. The third kappa shape index (κ3) is 5.47. The second-order valence-electron chi connectivity index (χ2n) is 4.02. The van der Waals surface area contributed by atoms with Gasteiger partial charge in [0, 0.05) is 17.7 Å². The number of hydrogen-bond donors (Lipinski definition) is 1. The molecule has 0 fully saturated rings. The Hall–Kier alpha value is -2.01. The zero-order chi connectivity index (χ0) is 15.7. The van der Waals surface area contributed by atoms with Crippen molar-refractivity contribution in [2.45, 2.75) is 11.8 Å². The molecule has 112 valence electrons. The lowest BCUT2D eigenvalue weighted by Gasteiger charge is -2.02. The molecular formula is C16H19NO3S. The van der Waals surface area contributed by atoms with E-state index in [1.165, 1.54) is 19.4 Å². The zero-order valence-electron chi connectivity index (χ0n) is 12.4. The van der Waals surface area contributed by atoms with Crippen molar-refractivity contribution in [3.05, 3.63) is 47.2 Å². The highest BCUT2D eigenvalue weighted by molar-refractivity contribution is 7.98. The van der Waals surface area contributed by atoms with Crippen LogP contribution >= 0.6 is 11.8 Å². The average Bonchev–Trinajstić information content (AvgIpc) is 2.53. The fraction of sp³-hybridized carbons (Fsp3) is 0.250. The summed E-state index contributed by atoms with van der Waals surface area (Å²) in [7, 11) is 1.26. The number of methoxy groups -OCH3 is 1. The minimum atomic E-state index is -0.618. The Morgan fingerprint density at radius 2 is 2.05 bits per heavy atom. The van der Waals surface area contributed by atoms with E-state index in [1.54, 1.807) is 17.8 Å². The molecule has 1 rings (SSSR count). The largest absolute Gasteiger partial charge is 0.507 e. The van der Waals surface area contributed by atoms with Crippen molar-refractivity contribution in [3.63, 3.8) is 0 Å². The Labute approximate surface area is 129 Å². The van der Waals surface area contributed by atoms with Crippen LogP contribution in [0.4, 0.5) is 0 Å². The van der Waals surface area contributed by atoms with Crippen LogP contribution < -0.4 is 0 Å². The van der Waals surface area contributed by atoms with Crippen molar-refractivity contribution in [3.8, 4) is 0 Å². The van der Waals surface area contributed by atoms with Gasteiger partial charge in [0.1, 0.15) is 11.3 Å². The molecule has 0 aromatic heterocycles. The van der Waals surface area contributed by atoms with Gasteiger partial charge in [-0.2, -0.15) is 0 Å². The number of aliphatic hydroxyl groups excluding tert-OH is 1. The van der Waals surface area contributed by atoms with Gasteiger partial charge in [-0.3, -0.25) is 4.99 Å². The number of hydrogen-bond acceptors (Lipinski definition) is 5. The fourth-order valence-corrected chi connectivity index (χ4v) is 1.90. The molecule has 0 aliphatic carbocycles.